The van der Waals surface area contributed by atoms with Gasteiger partial charge in [-0.05, 0) is 85.1 Å². The van der Waals surface area contributed by atoms with Crippen LogP contribution in [0.1, 0.15) is 70.8 Å². The van der Waals surface area contributed by atoms with Crippen molar-refractivity contribution in [2.75, 3.05) is 23.9 Å². The number of alkyl halides is 3. The summed E-state index contributed by atoms with van der Waals surface area (Å²) in [6.07, 6.45) is 4.77. The Hall–Kier alpha value is -5.29. The molecule has 3 aromatic heterocycles. The number of aromatic nitrogens is 4. The number of methoxy groups -OCH3 is 1. The summed E-state index contributed by atoms with van der Waals surface area (Å²) in [5.41, 5.74) is -1.14. The van der Waals surface area contributed by atoms with Gasteiger partial charge in [0.1, 0.15) is 11.5 Å². The molecule has 0 spiro atoms. The molecule has 2 amide bonds. The summed E-state index contributed by atoms with van der Waals surface area (Å²) in [5.74, 6) is 0.0677. The van der Waals surface area contributed by atoms with E-state index in [0.717, 1.165) is 40.8 Å². The van der Waals surface area contributed by atoms with Gasteiger partial charge in [-0.1, -0.05) is 49.4 Å². The number of para-hydroxylation sites is 1. The van der Waals surface area contributed by atoms with E-state index in [9.17, 15) is 31.2 Å². The first-order valence-corrected chi connectivity index (χ1v) is 20.8. The van der Waals surface area contributed by atoms with Gasteiger partial charge in [-0.15, -0.1) is 0 Å². The molecule has 0 saturated heterocycles. The number of carbonyl (C=O) groups excluding carboxylic acids is 2. The lowest BCUT2D eigenvalue weighted by Crippen LogP contribution is -2.47. The van der Waals surface area contributed by atoms with Crippen molar-refractivity contribution in [3.8, 4) is 11.1 Å². The molecule has 4 heterocycles. The maximum Gasteiger partial charge on any atom is 0.516 e. The fourth-order valence-corrected chi connectivity index (χ4v) is 10.3. The third-order valence-corrected chi connectivity index (χ3v) is 13.4. The summed E-state index contributed by atoms with van der Waals surface area (Å²) in [7, 11) is -4.37. The van der Waals surface area contributed by atoms with E-state index in [2.05, 4.69) is 34.2 Å². The summed E-state index contributed by atoms with van der Waals surface area (Å²) in [6.45, 7) is 7.29. The maximum absolute atomic E-state index is 13.6. The van der Waals surface area contributed by atoms with Gasteiger partial charge in [0.05, 0.1) is 35.8 Å². The van der Waals surface area contributed by atoms with Crippen LogP contribution in [0.4, 0.5) is 24.1 Å². The third kappa shape index (κ3) is 6.94. The average Bonchev–Trinajstić information content (AvgIpc) is 3.74. The zero-order valence-electron chi connectivity index (χ0n) is 31.6. The molecule has 3 unspecified atom stereocenters. The molecule has 5 aromatic rings. The number of allylic oxidation sites excluding steroid dienone is 2. The average molecular weight is 820 g/mol. The van der Waals surface area contributed by atoms with Crippen molar-refractivity contribution in [3.05, 3.63) is 100 Å². The van der Waals surface area contributed by atoms with Crippen molar-refractivity contribution in [1.82, 2.24) is 24.5 Å². The lowest BCUT2D eigenvalue weighted by molar-refractivity contribution is -0.0446. The number of pyridine rings is 1. The number of carbonyl (C=O) groups is 2. The van der Waals surface area contributed by atoms with Crippen molar-refractivity contribution in [3.63, 3.8) is 0 Å². The molecule has 17 heteroatoms. The molecule has 3 atom stereocenters. The van der Waals surface area contributed by atoms with E-state index in [1.165, 1.54) is 27.8 Å². The second kappa shape index (κ2) is 14.3. The number of nitrogens with one attached hydrogen (secondary N) is 2. The lowest BCUT2D eigenvalue weighted by atomic mass is 9.52. The third-order valence-electron chi connectivity index (χ3n) is 11.4. The van der Waals surface area contributed by atoms with E-state index < -0.39 is 27.1 Å². The van der Waals surface area contributed by atoms with Crippen LogP contribution in [0.25, 0.3) is 21.3 Å². The number of halogens is 3. The first-order valence-electron chi connectivity index (χ1n) is 18.5. The van der Waals surface area contributed by atoms with Gasteiger partial charge in [-0.25, -0.2) is 14.7 Å². The van der Waals surface area contributed by atoms with Gasteiger partial charge in [0.2, 0.25) is 0 Å². The second-order valence-electron chi connectivity index (χ2n) is 15.2. The van der Waals surface area contributed by atoms with Crippen LogP contribution in [0.2, 0.25) is 0 Å². The Morgan fingerprint density at radius 3 is 2.54 bits per heavy atom. The van der Waals surface area contributed by atoms with E-state index >= 15 is 0 Å². The van der Waals surface area contributed by atoms with Gasteiger partial charge in [-0.2, -0.15) is 26.7 Å². The molecule has 8 rings (SSSR count). The van der Waals surface area contributed by atoms with Gasteiger partial charge in [0.15, 0.2) is 5.13 Å². The predicted molar refractivity (Wildman–Crippen MR) is 210 cm³/mol. The van der Waals surface area contributed by atoms with Crippen LogP contribution in [0.3, 0.4) is 0 Å². The molecule has 2 N–H and O–H groups in total. The Bertz CT molecular complexity index is 2550. The molecule has 3 aliphatic rings. The molecule has 298 valence electrons. The summed E-state index contributed by atoms with van der Waals surface area (Å²) in [5, 5.41) is 8.01. The summed E-state index contributed by atoms with van der Waals surface area (Å²) < 4.78 is 74.7. The standard InChI is InChI=1S/C40H40F3N7O5S2/c1-22-16-31(55-4)34-23(2)18-39(34,17-22)21-50-24(3)28(19-44-50)26-12-13-33(46-35(26)37(52)48-57(53,54)40(41,42)43)49-15-14-25-8-7-9-27(29(25)20-49)36(51)47-38-45-30-10-5-6-11-32(30)56-38/h5-13,19,22-23H,14-18,20-21H2,1-4H3,(H,48,52)(H,45,47,51). The number of thiazole rings is 1. The van der Waals surface area contributed by atoms with Crippen molar-refractivity contribution < 1.29 is 35.9 Å². The number of rotatable bonds is 9. The van der Waals surface area contributed by atoms with Crippen LogP contribution in [0.15, 0.2) is 72.1 Å². The number of anilines is 2. The number of fused-ring (bicyclic) bond motifs is 3. The van der Waals surface area contributed by atoms with Crippen LogP contribution < -0.4 is 14.9 Å². The first kappa shape index (κ1) is 38.6. The molecular formula is C40H40F3N7O5S2. The smallest absolute Gasteiger partial charge is 0.501 e. The molecule has 1 aliphatic heterocycles. The SMILES string of the molecule is COC1=C2C(C)CC2(Cn2ncc(-c3ccc(N4CCc5cccc(C(=O)Nc6nc7ccccc7s6)c5C4)nc3C(=O)NS(=O)(=O)C(F)(F)F)c2C)CC(C)C1. The first-order chi connectivity index (χ1) is 27.1. The minimum absolute atomic E-state index is 0.121. The zero-order valence-corrected chi connectivity index (χ0v) is 33.2. The Kier molecular flexibility index (Phi) is 9.66. The maximum atomic E-state index is 13.6. The van der Waals surface area contributed by atoms with Crippen LogP contribution in [-0.2, 0) is 34.3 Å². The van der Waals surface area contributed by atoms with Gasteiger partial charge >= 0.3 is 15.5 Å². The van der Waals surface area contributed by atoms with E-state index in [-0.39, 0.29) is 29.2 Å². The van der Waals surface area contributed by atoms with Gasteiger partial charge in [0.25, 0.3) is 11.8 Å². The number of sulfonamides is 1. The summed E-state index contributed by atoms with van der Waals surface area (Å²) in [6, 6.07) is 16.2. The highest BCUT2D eigenvalue weighted by Crippen LogP contribution is 2.60. The normalized spacial score (nSPS) is 20.8. The summed E-state index contributed by atoms with van der Waals surface area (Å²) >= 11 is 1.35. The lowest BCUT2D eigenvalue weighted by Gasteiger charge is -2.54. The molecule has 1 fully saturated rings. The van der Waals surface area contributed by atoms with Gasteiger partial charge in [0, 0.05) is 47.3 Å². The molecule has 0 radical (unpaired) electrons. The van der Waals surface area contributed by atoms with E-state index in [0.29, 0.717) is 58.9 Å². The Balaban J connectivity index is 1.12. The van der Waals surface area contributed by atoms with Crippen molar-refractivity contribution >= 4 is 54.3 Å². The van der Waals surface area contributed by atoms with Gasteiger partial charge in [-0.3, -0.25) is 19.6 Å². The highest BCUT2D eigenvalue weighted by Gasteiger charge is 2.53. The summed E-state index contributed by atoms with van der Waals surface area (Å²) in [4.78, 5) is 38.1. The second-order valence-corrected chi connectivity index (χ2v) is 17.9. The minimum Gasteiger partial charge on any atom is -0.501 e. The van der Waals surface area contributed by atoms with E-state index in [4.69, 9.17) is 4.74 Å². The highest BCUT2D eigenvalue weighted by molar-refractivity contribution is 7.90. The van der Waals surface area contributed by atoms with Crippen molar-refractivity contribution in [1.29, 1.82) is 0 Å². The van der Waals surface area contributed by atoms with E-state index in [1.54, 1.807) is 43.2 Å². The highest BCUT2D eigenvalue weighted by atomic mass is 32.2. The minimum atomic E-state index is -6.06. The molecular weight excluding hydrogens is 780 g/mol. The van der Waals surface area contributed by atoms with Crippen LogP contribution in [0.5, 0.6) is 0 Å². The molecule has 1 saturated carbocycles. The zero-order chi connectivity index (χ0) is 40.4. The largest absolute Gasteiger partial charge is 0.516 e. The number of hydrogen-bond acceptors (Lipinski definition) is 10. The number of ether oxygens (including phenoxy) is 1. The van der Waals surface area contributed by atoms with Crippen LogP contribution in [0, 0.1) is 24.2 Å². The molecule has 2 aliphatic carbocycles. The Morgan fingerprint density at radius 1 is 1.02 bits per heavy atom. The monoisotopic (exact) mass is 819 g/mol. The number of hydrogen-bond donors (Lipinski definition) is 2. The molecule has 2 aromatic carbocycles. The predicted octanol–water partition coefficient (Wildman–Crippen LogP) is 7.61. The molecule has 0 bridgehead atoms. The molecule has 12 nitrogen and oxygen atoms in total. The fourth-order valence-electron chi connectivity index (χ4n) is 9.01. The van der Waals surface area contributed by atoms with Gasteiger partial charge < -0.3 is 9.64 Å². The number of nitrogens with zero attached hydrogens (tertiary/aromatic N) is 5. The Morgan fingerprint density at radius 2 is 1.81 bits per heavy atom. The fraction of sp³-hybridized carbons (Fsp3) is 0.375. The number of amides is 2. The topological polar surface area (TPSA) is 148 Å². The van der Waals surface area contributed by atoms with Crippen LogP contribution >= 0.6 is 11.3 Å². The van der Waals surface area contributed by atoms with Crippen LogP contribution in [-0.4, -0.2) is 59.1 Å². The quantitative estimate of drug-likeness (QED) is 0.153. The number of benzene rings is 2. The van der Waals surface area contributed by atoms with Crippen molar-refractivity contribution in [2.45, 2.75) is 65.1 Å². The van der Waals surface area contributed by atoms with E-state index in [1.807, 2.05) is 35.0 Å². The Labute approximate surface area is 331 Å². The van der Waals surface area contributed by atoms with Crippen molar-refractivity contribution in [2.24, 2.45) is 17.3 Å². The molecule has 57 heavy (non-hydrogen) atoms.